The lowest BCUT2D eigenvalue weighted by Gasteiger charge is -2.03. The number of hydrogen-bond acceptors (Lipinski definition) is 9. The Labute approximate surface area is 189 Å². The van der Waals surface area contributed by atoms with Gasteiger partial charge in [-0.1, -0.05) is 12.1 Å². The number of rotatable bonds is 4. The summed E-state index contributed by atoms with van der Waals surface area (Å²) in [5, 5.41) is 0. The van der Waals surface area contributed by atoms with Crippen molar-refractivity contribution >= 4 is 45.4 Å². The summed E-state index contributed by atoms with van der Waals surface area (Å²) in [4.78, 5) is 21.0. The molecule has 0 radical (unpaired) electrons. The van der Waals surface area contributed by atoms with Crippen LogP contribution in [0.5, 0.6) is 0 Å². The van der Waals surface area contributed by atoms with Crippen LogP contribution < -0.4 is 0 Å². The Balaban J connectivity index is 1.41. The van der Waals surface area contributed by atoms with Crippen LogP contribution in [-0.4, -0.2) is 28.7 Å². The predicted molar refractivity (Wildman–Crippen MR) is 126 cm³/mol. The van der Waals surface area contributed by atoms with E-state index >= 15 is 0 Å². The van der Waals surface area contributed by atoms with Gasteiger partial charge in [-0.2, -0.15) is 8.75 Å². The van der Waals surface area contributed by atoms with Gasteiger partial charge in [0.1, 0.15) is 23.7 Å². The van der Waals surface area contributed by atoms with Crippen LogP contribution in [0.3, 0.4) is 0 Å². The molecule has 0 amide bonds. The molecule has 6 nitrogen and oxygen atoms in total. The fourth-order valence-electron chi connectivity index (χ4n) is 3.39. The number of aromatic nitrogens is 6. The van der Waals surface area contributed by atoms with Crippen molar-refractivity contribution in [1.29, 1.82) is 0 Å². The Morgan fingerprint density at radius 2 is 0.903 bits per heavy atom. The lowest BCUT2D eigenvalue weighted by atomic mass is 10.1. The number of fused-ring (bicyclic) bond motifs is 1. The van der Waals surface area contributed by atoms with Crippen LogP contribution in [0.4, 0.5) is 0 Å². The van der Waals surface area contributed by atoms with Gasteiger partial charge in [-0.05, 0) is 24.3 Å². The highest BCUT2D eigenvalue weighted by molar-refractivity contribution is 7.19. The predicted octanol–water partition coefficient (Wildman–Crippen LogP) is 6.06. The van der Waals surface area contributed by atoms with Gasteiger partial charge in [-0.3, -0.25) is 0 Å². The lowest BCUT2D eigenvalue weighted by molar-refractivity contribution is 1.17. The van der Waals surface area contributed by atoms with Crippen LogP contribution in [-0.2, 0) is 0 Å². The molecule has 0 saturated carbocycles. The molecule has 0 atom stereocenters. The van der Waals surface area contributed by atoms with Crippen LogP contribution >= 0.6 is 34.4 Å². The zero-order valence-corrected chi connectivity index (χ0v) is 18.3. The Bertz CT molecular complexity index is 1380. The monoisotopic (exact) mass is 456 g/mol. The molecular formula is C22H12N6S3. The molecule has 6 rings (SSSR count). The second-order valence-electron chi connectivity index (χ2n) is 6.70. The van der Waals surface area contributed by atoms with E-state index < -0.39 is 0 Å². The maximum atomic E-state index is 4.63. The van der Waals surface area contributed by atoms with Gasteiger partial charge in [0.2, 0.25) is 0 Å². The molecule has 0 spiro atoms. The summed E-state index contributed by atoms with van der Waals surface area (Å²) in [5.74, 6) is 0. The van der Waals surface area contributed by atoms with Crippen LogP contribution in [0.25, 0.3) is 52.8 Å². The van der Waals surface area contributed by atoms with Crippen LogP contribution in [0.15, 0.2) is 73.8 Å². The summed E-state index contributed by atoms with van der Waals surface area (Å²) >= 11 is 4.66. The highest BCUT2D eigenvalue weighted by Crippen LogP contribution is 2.42. The van der Waals surface area contributed by atoms with Crippen molar-refractivity contribution < 1.29 is 0 Å². The SMILES string of the molecule is c1ncc(-c2ccc(-c3ccc(-c4ccc(-c5cncnc5)s4)c4nsnc34)s2)cn1. The summed E-state index contributed by atoms with van der Waals surface area (Å²) in [6.45, 7) is 0. The average Bonchev–Trinajstić information content (AvgIpc) is 3.60. The van der Waals surface area contributed by atoms with Gasteiger partial charge in [-0.15, -0.1) is 22.7 Å². The first kappa shape index (κ1) is 18.4. The molecule has 148 valence electrons. The summed E-state index contributed by atoms with van der Waals surface area (Å²) < 4.78 is 9.25. The summed E-state index contributed by atoms with van der Waals surface area (Å²) in [5.41, 5.74) is 6.07. The van der Waals surface area contributed by atoms with Crippen molar-refractivity contribution in [3.63, 3.8) is 0 Å². The van der Waals surface area contributed by atoms with Gasteiger partial charge in [-0.25, -0.2) is 19.9 Å². The summed E-state index contributed by atoms with van der Waals surface area (Å²) in [6.07, 6.45) is 10.4. The van der Waals surface area contributed by atoms with Gasteiger partial charge in [0.25, 0.3) is 0 Å². The van der Waals surface area contributed by atoms with Gasteiger partial charge < -0.3 is 0 Å². The highest BCUT2D eigenvalue weighted by Gasteiger charge is 2.16. The zero-order chi connectivity index (χ0) is 20.6. The van der Waals surface area contributed by atoms with Crippen LogP contribution in [0.1, 0.15) is 0 Å². The van der Waals surface area contributed by atoms with Gasteiger partial charge in [0, 0.05) is 66.5 Å². The van der Waals surface area contributed by atoms with Crippen LogP contribution in [0, 0.1) is 0 Å². The van der Waals surface area contributed by atoms with E-state index in [-0.39, 0.29) is 0 Å². The first-order chi connectivity index (χ1) is 15.4. The highest BCUT2D eigenvalue weighted by atomic mass is 32.1. The Morgan fingerprint density at radius 3 is 1.35 bits per heavy atom. The zero-order valence-electron chi connectivity index (χ0n) is 15.8. The second kappa shape index (κ2) is 7.69. The molecule has 0 aliphatic heterocycles. The summed E-state index contributed by atoms with van der Waals surface area (Å²) in [6, 6.07) is 12.7. The molecule has 0 saturated heterocycles. The maximum absolute atomic E-state index is 4.63. The molecule has 0 aliphatic carbocycles. The number of benzene rings is 1. The van der Waals surface area contributed by atoms with E-state index in [1.807, 2.05) is 24.8 Å². The molecule has 31 heavy (non-hydrogen) atoms. The topological polar surface area (TPSA) is 77.3 Å². The molecule has 6 aromatic rings. The van der Waals surface area contributed by atoms with Crippen molar-refractivity contribution in [2.24, 2.45) is 0 Å². The largest absolute Gasteiger partial charge is 0.244 e. The van der Waals surface area contributed by atoms with E-state index in [0.717, 1.165) is 52.8 Å². The first-order valence-electron chi connectivity index (χ1n) is 9.33. The number of hydrogen-bond donors (Lipinski definition) is 0. The fraction of sp³-hybridized carbons (Fsp3) is 0. The summed E-state index contributed by atoms with van der Waals surface area (Å²) in [7, 11) is 0. The minimum absolute atomic E-state index is 0.929. The number of thiophene rings is 2. The molecule has 0 unspecified atom stereocenters. The smallest absolute Gasteiger partial charge is 0.115 e. The standard InChI is InChI=1S/C22H12N6S3/c1-2-16(20-6-4-18(30-20)14-9-25-12-26-10-14)22-21(27-31-28-22)15(1)19-5-3-17(29-19)13-7-23-11-24-8-13/h1-12H. The molecule has 0 fully saturated rings. The Morgan fingerprint density at radius 1 is 0.484 bits per heavy atom. The maximum Gasteiger partial charge on any atom is 0.115 e. The third-order valence-corrected chi connectivity index (χ3v) is 7.71. The quantitative estimate of drug-likeness (QED) is 0.321. The van der Waals surface area contributed by atoms with Crippen LogP contribution in [0.2, 0.25) is 0 Å². The third-order valence-electron chi connectivity index (χ3n) is 4.85. The van der Waals surface area contributed by atoms with E-state index in [2.05, 4.69) is 65.1 Å². The molecular weight excluding hydrogens is 444 g/mol. The van der Waals surface area contributed by atoms with Crippen molar-refractivity contribution in [2.75, 3.05) is 0 Å². The van der Waals surface area contributed by atoms with E-state index in [1.165, 1.54) is 11.7 Å². The molecule has 0 aliphatic rings. The van der Waals surface area contributed by atoms with E-state index in [0.29, 0.717) is 0 Å². The van der Waals surface area contributed by atoms with E-state index in [4.69, 9.17) is 0 Å². The number of nitrogens with zero attached hydrogens (tertiary/aromatic N) is 6. The molecule has 5 aromatic heterocycles. The minimum Gasteiger partial charge on any atom is -0.244 e. The third kappa shape index (κ3) is 3.32. The minimum atomic E-state index is 0.929. The van der Waals surface area contributed by atoms with Gasteiger partial charge >= 0.3 is 0 Å². The average molecular weight is 457 g/mol. The van der Waals surface area contributed by atoms with E-state index in [9.17, 15) is 0 Å². The second-order valence-corrected chi connectivity index (χ2v) is 9.40. The molecule has 9 heteroatoms. The van der Waals surface area contributed by atoms with Crippen molar-refractivity contribution in [3.8, 4) is 41.8 Å². The lowest BCUT2D eigenvalue weighted by Crippen LogP contribution is -1.82. The first-order valence-corrected chi connectivity index (χ1v) is 11.7. The molecule has 1 aromatic carbocycles. The molecule has 0 N–H and O–H groups in total. The Hall–Kier alpha value is -3.40. The van der Waals surface area contributed by atoms with Crippen molar-refractivity contribution in [2.45, 2.75) is 0 Å². The molecule has 0 bridgehead atoms. The Kier molecular flexibility index (Phi) is 4.56. The van der Waals surface area contributed by atoms with Crippen molar-refractivity contribution in [1.82, 2.24) is 28.7 Å². The van der Waals surface area contributed by atoms with Gasteiger partial charge in [0.05, 0.1) is 11.7 Å². The van der Waals surface area contributed by atoms with Gasteiger partial charge in [0.15, 0.2) is 0 Å². The fourth-order valence-corrected chi connectivity index (χ4v) is 5.98. The van der Waals surface area contributed by atoms with Crippen molar-refractivity contribution in [3.05, 3.63) is 73.8 Å². The normalized spacial score (nSPS) is 11.2. The molecule has 5 heterocycles. The van der Waals surface area contributed by atoms with E-state index in [1.54, 1.807) is 35.3 Å².